The van der Waals surface area contributed by atoms with Gasteiger partial charge in [-0.1, -0.05) is 23.9 Å². The van der Waals surface area contributed by atoms with Crippen molar-refractivity contribution in [3.63, 3.8) is 0 Å². The van der Waals surface area contributed by atoms with Crippen LogP contribution in [0.15, 0.2) is 47.6 Å². The molecule has 3 aromatic rings. The van der Waals surface area contributed by atoms with Crippen LogP contribution < -0.4 is 15.4 Å². The minimum Gasteiger partial charge on any atom is -0.495 e. The molecule has 0 radical (unpaired) electrons. The van der Waals surface area contributed by atoms with E-state index in [1.54, 1.807) is 6.92 Å². The Balaban J connectivity index is 1.81. The molecule has 1 atom stereocenters. The van der Waals surface area contributed by atoms with Gasteiger partial charge in [0.15, 0.2) is 5.16 Å². The molecular weight excluding hydrogens is 406 g/mol. The molecule has 0 saturated heterocycles. The van der Waals surface area contributed by atoms with Crippen molar-refractivity contribution in [1.29, 1.82) is 0 Å². The monoisotopic (exact) mass is 427 g/mol. The minimum absolute atomic E-state index is 0.139. The third-order valence-corrected chi connectivity index (χ3v) is 5.19. The highest BCUT2D eigenvalue weighted by atomic mass is 32.2. The fraction of sp³-hybridized carbons (Fsp3) is 0.250. The molecule has 156 valence electrons. The number of methoxy groups -OCH3 is 1. The molecule has 0 aliphatic rings. The summed E-state index contributed by atoms with van der Waals surface area (Å²) in [5.41, 5.74) is 0.871. The number of ether oxygens (including phenoxy) is 1. The van der Waals surface area contributed by atoms with Crippen molar-refractivity contribution in [3.8, 4) is 5.75 Å². The summed E-state index contributed by atoms with van der Waals surface area (Å²) in [4.78, 5) is 32.3. The van der Waals surface area contributed by atoms with Gasteiger partial charge in [0, 0.05) is 24.1 Å². The zero-order valence-electron chi connectivity index (χ0n) is 16.7. The van der Waals surface area contributed by atoms with Gasteiger partial charge < -0.3 is 15.4 Å². The average molecular weight is 427 g/mol. The summed E-state index contributed by atoms with van der Waals surface area (Å²) in [5, 5.41) is 17.8. The Labute approximate surface area is 177 Å². The molecule has 0 spiro atoms. The summed E-state index contributed by atoms with van der Waals surface area (Å²) in [5.74, 6) is 0.696. The second-order valence-electron chi connectivity index (χ2n) is 6.29. The number of nitrogens with zero attached hydrogens (tertiary/aromatic N) is 3. The van der Waals surface area contributed by atoms with E-state index in [1.165, 1.54) is 37.1 Å². The standard InChI is InChI=1S/C20H21N5O4S/c1-4-21-18-14-7-5-6-8-15(14)23-20(24-18)30-12(2)19(26)22-16-11-13(25(27)28)9-10-17(16)29-3/h5-12H,4H2,1-3H3,(H,22,26)(H,21,23,24). The molecule has 10 heteroatoms. The molecule has 30 heavy (non-hydrogen) atoms. The van der Waals surface area contributed by atoms with Crippen LogP contribution in [0.4, 0.5) is 17.2 Å². The fourth-order valence-electron chi connectivity index (χ4n) is 2.76. The lowest BCUT2D eigenvalue weighted by Crippen LogP contribution is -2.23. The van der Waals surface area contributed by atoms with E-state index in [9.17, 15) is 14.9 Å². The Hall–Kier alpha value is -3.40. The van der Waals surface area contributed by atoms with Gasteiger partial charge in [0.2, 0.25) is 5.91 Å². The molecule has 1 unspecified atom stereocenters. The molecular formula is C20H21N5O4S. The number of anilines is 2. The smallest absolute Gasteiger partial charge is 0.271 e. The number of benzene rings is 2. The maximum Gasteiger partial charge on any atom is 0.271 e. The quantitative estimate of drug-likeness (QED) is 0.239. The molecule has 1 amide bonds. The Morgan fingerprint density at radius 2 is 2.03 bits per heavy atom. The van der Waals surface area contributed by atoms with Crippen molar-refractivity contribution in [2.75, 3.05) is 24.3 Å². The van der Waals surface area contributed by atoms with Crippen LogP contribution in [-0.2, 0) is 4.79 Å². The second-order valence-corrected chi connectivity index (χ2v) is 7.60. The predicted octanol–water partition coefficient (Wildman–Crippen LogP) is 4.10. The van der Waals surface area contributed by atoms with Crippen LogP contribution in [0.2, 0.25) is 0 Å². The maximum atomic E-state index is 12.7. The van der Waals surface area contributed by atoms with Crippen molar-refractivity contribution in [2.24, 2.45) is 0 Å². The Kier molecular flexibility index (Phi) is 6.68. The number of carbonyl (C=O) groups excluding carboxylic acids is 1. The highest BCUT2D eigenvalue weighted by molar-refractivity contribution is 8.00. The second kappa shape index (κ2) is 9.40. The van der Waals surface area contributed by atoms with Crippen LogP contribution in [0, 0.1) is 10.1 Å². The number of rotatable bonds is 8. The van der Waals surface area contributed by atoms with Crippen LogP contribution in [0.5, 0.6) is 5.75 Å². The van der Waals surface area contributed by atoms with Gasteiger partial charge in [-0.05, 0) is 32.0 Å². The Morgan fingerprint density at radius 1 is 1.27 bits per heavy atom. The molecule has 0 bridgehead atoms. The lowest BCUT2D eigenvalue weighted by atomic mass is 10.2. The van der Waals surface area contributed by atoms with E-state index in [4.69, 9.17) is 4.74 Å². The first-order valence-corrected chi connectivity index (χ1v) is 10.1. The number of non-ortho nitro benzene ring substituents is 1. The molecule has 0 fully saturated rings. The van der Waals surface area contributed by atoms with Gasteiger partial charge in [0.1, 0.15) is 11.6 Å². The van der Waals surface area contributed by atoms with Crippen molar-refractivity contribution in [1.82, 2.24) is 9.97 Å². The SMILES string of the molecule is CCNc1nc(SC(C)C(=O)Nc2cc([N+](=O)[O-])ccc2OC)nc2ccccc12. The number of aromatic nitrogens is 2. The number of nitro groups is 1. The molecule has 0 aliphatic carbocycles. The van der Waals surface area contributed by atoms with Gasteiger partial charge in [-0.25, -0.2) is 9.97 Å². The van der Waals surface area contributed by atoms with E-state index in [0.29, 0.717) is 23.3 Å². The van der Waals surface area contributed by atoms with Gasteiger partial charge >= 0.3 is 0 Å². The van der Waals surface area contributed by atoms with Gasteiger partial charge in [0.05, 0.1) is 28.5 Å². The number of nitrogens with one attached hydrogen (secondary N) is 2. The van der Waals surface area contributed by atoms with E-state index >= 15 is 0 Å². The zero-order valence-corrected chi connectivity index (χ0v) is 17.5. The Morgan fingerprint density at radius 3 is 2.73 bits per heavy atom. The molecule has 1 aromatic heterocycles. The molecule has 2 aromatic carbocycles. The van der Waals surface area contributed by atoms with Crippen molar-refractivity contribution < 1.29 is 14.5 Å². The van der Waals surface area contributed by atoms with Crippen LogP contribution in [0.25, 0.3) is 10.9 Å². The fourth-order valence-corrected chi connectivity index (χ4v) is 3.54. The number of carbonyl (C=O) groups is 1. The van der Waals surface area contributed by atoms with E-state index < -0.39 is 10.2 Å². The summed E-state index contributed by atoms with van der Waals surface area (Å²) in [6, 6.07) is 11.7. The van der Waals surface area contributed by atoms with E-state index in [-0.39, 0.29) is 17.3 Å². The summed E-state index contributed by atoms with van der Waals surface area (Å²) in [6.07, 6.45) is 0. The van der Waals surface area contributed by atoms with Crippen molar-refractivity contribution in [3.05, 3.63) is 52.6 Å². The number of para-hydroxylation sites is 1. The number of fused-ring (bicyclic) bond motifs is 1. The number of hydrogen-bond acceptors (Lipinski definition) is 8. The number of amides is 1. The lowest BCUT2D eigenvalue weighted by molar-refractivity contribution is -0.384. The largest absolute Gasteiger partial charge is 0.495 e. The van der Waals surface area contributed by atoms with Gasteiger partial charge in [0.25, 0.3) is 5.69 Å². The first-order valence-electron chi connectivity index (χ1n) is 9.23. The zero-order chi connectivity index (χ0) is 21.7. The average Bonchev–Trinajstić information content (AvgIpc) is 2.73. The third kappa shape index (κ3) is 4.77. The highest BCUT2D eigenvalue weighted by Gasteiger charge is 2.20. The van der Waals surface area contributed by atoms with E-state index in [1.807, 2.05) is 31.2 Å². The first kappa shape index (κ1) is 21.3. The topological polar surface area (TPSA) is 119 Å². The van der Waals surface area contributed by atoms with Gasteiger partial charge in [-0.15, -0.1) is 0 Å². The van der Waals surface area contributed by atoms with E-state index in [2.05, 4.69) is 20.6 Å². The molecule has 2 N–H and O–H groups in total. The lowest BCUT2D eigenvalue weighted by Gasteiger charge is -2.14. The van der Waals surface area contributed by atoms with Crippen LogP contribution in [0.3, 0.4) is 0 Å². The van der Waals surface area contributed by atoms with Crippen molar-refractivity contribution >= 4 is 45.8 Å². The summed E-state index contributed by atoms with van der Waals surface area (Å²) < 4.78 is 5.19. The molecule has 1 heterocycles. The number of thioether (sulfide) groups is 1. The van der Waals surface area contributed by atoms with E-state index in [0.717, 1.165) is 10.9 Å². The molecule has 0 aliphatic heterocycles. The summed E-state index contributed by atoms with van der Waals surface area (Å²) in [7, 11) is 1.43. The maximum absolute atomic E-state index is 12.7. The molecule has 0 saturated carbocycles. The minimum atomic E-state index is -0.551. The Bertz CT molecular complexity index is 1090. The summed E-state index contributed by atoms with van der Waals surface area (Å²) in [6.45, 7) is 4.40. The number of nitro benzene ring substituents is 1. The van der Waals surface area contributed by atoms with Crippen LogP contribution in [-0.4, -0.2) is 39.7 Å². The first-order chi connectivity index (χ1) is 14.4. The predicted molar refractivity (Wildman–Crippen MR) is 117 cm³/mol. The third-order valence-electron chi connectivity index (χ3n) is 4.23. The van der Waals surface area contributed by atoms with Gasteiger partial charge in [-0.2, -0.15) is 0 Å². The van der Waals surface area contributed by atoms with Crippen LogP contribution in [0.1, 0.15) is 13.8 Å². The van der Waals surface area contributed by atoms with Crippen molar-refractivity contribution in [2.45, 2.75) is 24.3 Å². The molecule has 9 nitrogen and oxygen atoms in total. The number of hydrogen-bond donors (Lipinski definition) is 2. The molecule has 3 rings (SSSR count). The van der Waals surface area contributed by atoms with Crippen LogP contribution >= 0.6 is 11.8 Å². The normalized spacial score (nSPS) is 11.7. The summed E-state index contributed by atoms with van der Waals surface area (Å²) >= 11 is 1.20. The highest BCUT2D eigenvalue weighted by Crippen LogP contribution is 2.31. The van der Waals surface area contributed by atoms with Gasteiger partial charge in [-0.3, -0.25) is 14.9 Å².